The first-order valence-electron chi connectivity index (χ1n) is 11.8. The van der Waals surface area contributed by atoms with Gasteiger partial charge < -0.3 is 19.1 Å². The number of alkyl halides is 3. The first-order chi connectivity index (χ1) is 17.9. The molecular formula is C25H19F4N5O3. The number of pyridine rings is 1. The number of hydrogen-bond donors (Lipinski definition) is 0. The Bertz CT molecular complexity index is 1530. The average molecular weight is 513 g/mol. The molecule has 0 amide bonds. The van der Waals surface area contributed by atoms with E-state index in [0.717, 1.165) is 0 Å². The van der Waals surface area contributed by atoms with Gasteiger partial charge >= 0.3 is 6.36 Å². The molecule has 8 nitrogen and oxygen atoms in total. The molecule has 1 fully saturated rings. The van der Waals surface area contributed by atoms with Gasteiger partial charge in [0.05, 0.1) is 36.9 Å². The number of fused-ring (bicyclic) bond motifs is 3. The molecule has 3 aromatic heterocycles. The van der Waals surface area contributed by atoms with Crippen LogP contribution in [0.3, 0.4) is 0 Å². The number of morpholine rings is 1. The third-order valence-corrected chi connectivity index (χ3v) is 6.87. The van der Waals surface area contributed by atoms with Crippen LogP contribution in [0.2, 0.25) is 0 Å². The van der Waals surface area contributed by atoms with Gasteiger partial charge in [0.15, 0.2) is 0 Å². The molecule has 0 radical (unpaired) electrons. The van der Waals surface area contributed by atoms with Crippen molar-refractivity contribution in [1.82, 2.24) is 19.4 Å². The maximum absolute atomic E-state index is 15.8. The summed E-state index contributed by atoms with van der Waals surface area (Å²) in [6.07, 6.45) is -2.23. The number of imidazole rings is 1. The van der Waals surface area contributed by atoms with Crippen molar-refractivity contribution in [1.29, 1.82) is 0 Å². The number of ether oxygens (including phenoxy) is 3. The van der Waals surface area contributed by atoms with Crippen LogP contribution in [0, 0.1) is 5.82 Å². The molecule has 1 atom stereocenters. The second-order valence-corrected chi connectivity index (χ2v) is 8.99. The Morgan fingerprint density at radius 2 is 1.84 bits per heavy atom. The summed E-state index contributed by atoms with van der Waals surface area (Å²) in [7, 11) is 0. The topological polar surface area (TPSA) is 74.0 Å². The minimum absolute atomic E-state index is 0.163. The molecule has 12 heteroatoms. The highest BCUT2D eigenvalue weighted by Crippen LogP contribution is 2.51. The fraction of sp³-hybridized carbons (Fsp3) is 0.320. The van der Waals surface area contributed by atoms with E-state index in [1.165, 1.54) is 30.6 Å². The van der Waals surface area contributed by atoms with Gasteiger partial charge in [0.25, 0.3) is 0 Å². The third kappa shape index (κ3) is 3.54. The first-order valence-corrected chi connectivity index (χ1v) is 11.8. The molecule has 3 aliphatic rings. The number of anilines is 1. The highest BCUT2D eigenvalue weighted by molar-refractivity contribution is 5.88. The van der Waals surface area contributed by atoms with Gasteiger partial charge in [0.2, 0.25) is 5.95 Å². The highest BCUT2D eigenvalue weighted by Gasteiger charge is 2.41. The number of aromatic nitrogens is 4. The van der Waals surface area contributed by atoms with Gasteiger partial charge in [-0.05, 0) is 6.07 Å². The zero-order chi connectivity index (χ0) is 25.3. The molecule has 37 heavy (non-hydrogen) atoms. The first kappa shape index (κ1) is 22.4. The predicted molar refractivity (Wildman–Crippen MR) is 123 cm³/mol. The summed E-state index contributed by atoms with van der Waals surface area (Å²) in [4.78, 5) is 15.5. The minimum atomic E-state index is -4.91. The maximum atomic E-state index is 15.8. The summed E-state index contributed by atoms with van der Waals surface area (Å²) in [6, 6.07) is 5.65. The Labute approximate surface area is 207 Å². The lowest BCUT2D eigenvalue weighted by Crippen LogP contribution is -2.37. The van der Waals surface area contributed by atoms with Crippen LogP contribution in [-0.2, 0) is 15.9 Å². The number of nitrogens with zero attached hydrogens (tertiary/aromatic N) is 5. The van der Waals surface area contributed by atoms with Gasteiger partial charge in [-0.3, -0.25) is 4.40 Å². The Morgan fingerprint density at radius 3 is 2.59 bits per heavy atom. The molecule has 7 rings (SSSR count). The van der Waals surface area contributed by atoms with Crippen molar-refractivity contribution in [3.8, 4) is 28.1 Å². The molecule has 1 aromatic carbocycles. The van der Waals surface area contributed by atoms with E-state index >= 15 is 4.39 Å². The van der Waals surface area contributed by atoms with Gasteiger partial charge in [0.1, 0.15) is 23.3 Å². The number of halogens is 4. The Morgan fingerprint density at radius 1 is 1.05 bits per heavy atom. The molecule has 6 heterocycles. The molecule has 0 bridgehead atoms. The largest absolute Gasteiger partial charge is 0.573 e. The van der Waals surface area contributed by atoms with E-state index in [1.807, 2.05) is 4.90 Å². The molecule has 1 saturated heterocycles. The van der Waals surface area contributed by atoms with Crippen molar-refractivity contribution in [3.05, 3.63) is 59.4 Å². The van der Waals surface area contributed by atoms with E-state index in [1.54, 1.807) is 10.5 Å². The normalized spacial score (nSPS) is 18.7. The molecule has 0 N–H and O–H groups in total. The van der Waals surface area contributed by atoms with Gasteiger partial charge in [0, 0.05) is 60.2 Å². The molecule has 190 valence electrons. The lowest BCUT2D eigenvalue weighted by Gasteiger charge is -2.32. The van der Waals surface area contributed by atoms with Crippen LogP contribution in [0.5, 0.6) is 5.75 Å². The van der Waals surface area contributed by atoms with E-state index in [0.29, 0.717) is 72.5 Å². The van der Waals surface area contributed by atoms with E-state index in [2.05, 4.69) is 19.7 Å². The van der Waals surface area contributed by atoms with Crippen molar-refractivity contribution in [2.75, 3.05) is 37.8 Å². The quantitative estimate of drug-likeness (QED) is 0.378. The third-order valence-electron chi connectivity index (χ3n) is 6.87. The van der Waals surface area contributed by atoms with Gasteiger partial charge in [-0.2, -0.15) is 0 Å². The molecule has 4 aromatic rings. The monoisotopic (exact) mass is 513 g/mol. The van der Waals surface area contributed by atoms with Crippen LogP contribution in [0.1, 0.15) is 23.1 Å². The molecular weight excluding hydrogens is 494 g/mol. The molecule has 3 aliphatic heterocycles. The van der Waals surface area contributed by atoms with Crippen LogP contribution in [0.15, 0.2) is 36.7 Å². The van der Waals surface area contributed by atoms with E-state index < -0.39 is 24.0 Å². The Kier molecular flexibility index (Phi) is 4.92. The number of benzene rings is 1. The Balaban J connectivity index is 1.46. The smallest absolute Gasteiger partial charge is 0.405 e. The fourth-order valence-corrected chi connectivity index (χ4v) is 5.41. The van der Waals surface area contributed by atoms with E-state index in [4.69, 9.17) is 9.47 Å². The van der Waals surface area contributed by atoms with Crippen LogP contribution in [0.25, 0.3) is 28.0 Å². The maximum Gasteiger partial charge on any atom is 0.573 e. The molecule has 1 unspecified atom stereocenters. The van der Waals surface area contributed by atoms with Gasteiger partial charge in [-0.1, -0.05) is 12.1 Å². The number of rotatable bonds is 3. The summed E-state index contributed by atoms with van der Waals surface area (Å²) in [5.74, 6) is -0.477. The minimum Gasteiger partial charge on any atom is -0.405 e. The van der Waals surface area contributed by atoms with Crippen molar-refractivity contribution in [3.63, 3.8) is 0 Å². The SMILES string of the molecule is Fc1cc2nc3c4n2c(c1-c1cnc(N2CCOCC2)nc1)-c1cccc(OC(F)(F)F)c1C4OCC3. The van der Waals surface area contributed by atoms with Crippen LogP contribution in [-0.4, -0.2) is 58.6 Å². The van der Waals surface area contributed by atoms with Crippen LogP contribution < -0.4 is 9.64 Å². The molecule has 0 spiro atoms. The van der Waals surface area contributed by atoms with Crippen molar-refractivity contribution in [2.24, 2.45) is 0 Å². The van der Waals surface area contributed by atoms with Crippen molar-refractivity contribution >= 4 is 11.6 Å². The summed E-state index contributed by atoms with van der Waals surface area (Å²) >= 11 is 0. The standard InChI is InChI=1S/C25H19F4N5O3/c26-15-10-18-32-16-4-7-36-23-20-14(2-1-3-17(20)37-25(27,28)29)21(34(18)22(16)23)19(15)13-11-30-24(31-12-13)33-5-8-35-9-6-33/h1-3,10-12,23H,4-9H2. The van der Waals surface area contributed by atoms with Gasteiger partial charge in [-0.25, -0.2) is 19.3 Å². The fourth-order valence-electron chi connectivity index (χ4n) is 5.41. The van der Waals surface area contributed by atoms with E-state index in [9.17, 15) is 13.2 Å². The number of hydrogen-bond acceptors (Lipinski definition) is 7. The summed E-state index contributed by atoms with van der Waals surface area (Å²) in [5.41, 5.74) is 3.04. The zero-order valence-corrected chi connectivity index (χ0v) is 19.3. The molecule has 0 saturated carbocycles. The second-order valence-electron chi connectivity index (χ2n) is 8.99. The lowest BCUT2D eigenvalue weighted by atomic mass is 9.88. The highest BCUT2D eigenvalue weighted by atomic mass is 19.4. The second kappa shape index (κ2) is 8.12. The van der Waals surface area contributed by atoms with Gasteiger partial charge in [-0.15, -0.1) is 13.2 Å². The van der Waals surface area contributed by atoms with E-state index in [-0.39, 0.29) is 17.7 Å². The summed E-state index contributed by atoms with van der Waals surface area (Å²) in [6.45, 7) is 2.68. The summed E-state index contributed by atoms with van der Waals surface area (Å²) < 4.78 is 73.3. The van der Waals surface area contributed by atoms with Crippen LogP contribution in [0.4, 0.5) is 23.5 Å². The molecule has 0 aliphatic carbocycles. The summed E-state index contributed by atoms with van der Waals surface area (Å²) in [5, 5.41) is 0. The zero-order valence-electron chi connectivity index (χ0n) is 19.3. The predicted octanol–water partition coefficient (Wildman–Crippen LogP) is 4.31. The lowest BCUT2D eigenvalue weighted by molar-refractivity contribution is -0.275. The Hall–Kier alpha value is -3.77. The average Bonchev–Trinajstić information content (AvgIpc) is 3.26. The van der Waals surface area contributed by atoms with Crippen LogP contribution >= 0.6 is 0 Å². The van der Waals surface area contributed by atoms with Crippen molar-refractivity contribution < 1.29 is 31.8 Å². The van der Waals surface area contributed by atoms with Crippen molar-refractivity contribution in [2.45, 2.75) is 18.9 Å².